The number of aromatic nitrogens is 3. The first-order valence-electron chi connectivity index (χ1n) is 7.31. The third-order valence-electron chi connectivity index (χ3n) is 3.54. The lowest BCUT2D eigenvalue weighted by Gasteiger charge is -2.17. The minimum Gasteiger partial charge on any atom is -0.493 e. The predicted octanol–water partition coefficient (Wildman–Crippen LogP) is 0.868. The number of nitriles is 1. The monoisotopic (exact) mass is 329 g/mol. The SMILES string of the molecule is COc1ccc(CCN(C)C(=O)Cn2cnc(C#N)n2)cc1OC. The quantitative estimate of drug-likeness (QED) is 0.748. The van der Waals surface area contributed by atoms with E-state index in [4.69, 9.17) is 14.7 Å². The van der Waals surface area contributed by atoms with Crippen molar-refractivity contribution in [2.75, 3.05) is 27.8 Å². The lowest BCUT2D eigenvalue weighted by Crippen LogP contribution is -2.32. The Morgan fingerprint density at radius 2 is 2.08 bits per heavy atom. The van der Waals surface area contributed by atoms with Crippen molar-refractivity contribution >= 4 is 5.91 Å². The van der Waals surface area contributed by atoms with E-state index in [9.17, 15) is 4.79 Å². The number of amides is 1. The molecule has 8 nitrogen and oxygen atoms in total. The van der Waals surface area contributed by atoms with E-state index in [1.54, 1.807) is 26.2 Å². The molecule has 0 N–H and O–H groups in total. The Morgan fingerprint density at radius 3 is 2.71 bits per heavy atom. The van der Waals surface area contributed by atoms with Crippen LogP contribution in [0.4, 0.5) is 0 Å². The third kappa shape index (κ3) is 4.23. The van der Waals surface area contributed by atoms with Crippen molar-refractivity contribution in [1.82, 2.24) is 19.7 Å². The highest BCUT2D eigenvalue weighted by Gasteiger charge is 2.12. The zero-order valence-corrected chi connectivity index (χ0v) is 13.9. The van der Waals surface area contributed by atoms with Crippen LogP contribution in [0.25, 0.3) is 0 Å². The molecule has 24 heavy (non-hydrogen) atoms. The first-order valence-corrected chi connectivity index (χ1v) is 7.31. The van der Waals surface area contributed by atoms with E-state index in [-0.39, 0.29) is 18.3 Å². The molecule has 1 heterocycles. The van der Waals surface area contributed by atoms with Gasteiger partial charge in [0, 0.05) is 13.6 Å². The summed E-state index contributed by atoms with van der Waals surface area (Å²) in [6.45, 7) is 0.602. The fraction of sp³-hybridized carbons (Fsp3) is 0.375. The Balaban J connectivity index is 1.91. The van der Waals surface area contributed by atoms with Crippen LogP contribution in [0.3, 0.4) is 0 Å². The second-order valence-corrected chi connectivity index (χ2v) is 5.13. The number of hydrogen-bond acceptors (Lipinski definition) is 6. The standard InChI is InChI=1S/C16H19N5O3/c1-20(16(22)10-21-11-18-15(9-17)19-21)7-6-12-4-5-13(23-2)14(8-12)24-3/h4-5,8,11H,6-7,10H2,1-3H3. The average Bonchev–Trinajstić information content (AvgIpc) is 3.06. The average molecular weight is 329 g/mol. The highest BCUT2D eigenvalue weighted by atomic mass is 16.5. The number of likely N-dealkylation sites (N-methyl/N-ethyl adjacent to an activating group) is 1. The van der Waals surface area contributed by atoms with Crippen LogP contribution in [0.1, 0.15) is 11.4 Å². The van der Waals surface area contributed by atoms with Crippen molar-refractivity contribution in [3.05, 3.63) is 35.9 Å². The van der Waals surface area contributed by atoms with Gasteiger partial charge < -0.3 is 14.4 Å². The molecule has 0 saturated carbocycles. The molecule has 0 bridgehead atoms. The molecular weight excluding hydrogens is 310 g/mol. The minimum atomic E-state index is -0.107. The summed E-state index contributed by atoms with van der Waals surface area (Å²) in [5, 5.41) is 12.6. The predicted molar refractivity (Wildman–Crippen MR) is 85.6 cm³/mol. The molecule has 0 spiro atoms. The molecule has 126 valence electrons. The first-order chi connectivity index (χ1) is 11.6. The van der Waals surface area contributed by atoms with Crippen LogP contribution in [0.15, 0.2) is 24.5 Å². The summed E-state index contributed by atoms with van der Waals surface area (Å²) in [5.41, 5.74) is 1.04. The summed E-state index contributed by atoms with van der Waals surface area (Å²) in [5.74, 6) is 1.28. The molecule has 0 radical (unpaired) electrons. The van der Waals surface area contributed by atoms with Gasteiger partial charge in [-0.25, -0.2) is 9.67 Å². The number of carbonyl (C=O) groups is 1. The molecule has 2 aromatic rings. The lowest BCUT2D eigenvalue weighted by molar-refractivity contribution is -0.130. The summed E-state index contributed by atoms with van der Waals surface area (Å²) in [7, 11) is 4.90. The molecule has 0 fully saturated rings. The fourth-order valence-electron chi connectivity index (χ4n) is 2.14. The molecule has 0 aliphatic carbocycles. The smallest absolute Gasteiger partial charge is 0.252 e. The zero-order chi connectivity index (χ0) is 17.5. The van der Waals surface area contributed by atoms with Crippen molar-refractivity contribution in [3.8, 4) is 17.6 Å². The number of benzene rings is 1. The number of methoxy groups -OCH3 is 2. The molecule has 0 unspecified atom stereocenters. The van der Waals surface area contributed by atoms with Gasteiger partial charge in [-0.1, -0.05) is 6.07 Å². The highest BCUT2D eigenvalue weighted by Crippen LogP contribution is 2.27. The van der Waals surface area contributed by atoms with E-state index in [1.807, 2.05) is 24.3 Å². The van der Waals surface area contributed by atoms with Crippen LogP contribution < -0.4 is 9.47 Å². The minimum absolute atomic E-state index is 0.0516. The third-order valence-corrected chi connectivity index (χ3v) is 3.54. The van der Waals surface area contributed by atoms with Gasteiger partial charge in [0.05, 0.1) is 14.2 Å². The van der Waals surface area contributed by atoms with Crippen molar-refractivity contribution in [2.45, 2.75) is 13.0 Å². The summed E-state index contributed by atoms with van der Waals surface area (Å²) in [4.78, 5) is 17.6. The molecule has 0 aliphatic rings. The second kappa shape index (κ2) is 7.97. The fourth-order valence-corrected chi connectivity index (χ4v) is 2.14. The van der Waals surface area contributed by atoms with Crippen molar-refractivity contribution in [1.29, 1.82) is 5.26 Å². The van der Waals surface area contributed by atoms with Gasteiger partial charge in [0.1, 0.15) is 18.9 Å². The summed E-state index contributed by atoms with van der Waals surface area (Å²) < 4.78 is 11.8. The van der Waals surface area contributed by atoms with Crippen molar-refractivity contribution in [2.24, 2.45) is 0 Å². The van der Waals surface area contributed by atoms with E-state index < -0.39 is 0 Å². The van der Waals surface area contributed by atoms with Gasteiger partial charge in [0.2, 0.25) is 5.91 Å². The van der Waals surface area contributed by atoms with Crippen LogP contribution in [0, 0.1) is 11.3 Å². The Morgan fingerprint density at radius 1 is 1.33 bits per heavy atom. The zero-order valence-electron chi connectivity index (χ0n) is 13.9. The molecule has 8 heteroatoms. The van der Waals surface area contributed by atoms with Crippen molar-refractivity contribution < 1.29 is 14.3 Å². The van der Waals surface area contributed by atoms with Gasteiger partial charge in [-0.2, -0.15) is 5.26 Å². The number of hydrogen-bond donors (Lipinski definition) is 0. The summed E-state index contributed by atoms with van der Waals surface area (Å²) in [6.07, 6.45) is 2.06. The number of carbonyl (C=O) groups excluding carboxylic acids is 1. The topological polar surface area (TPSA) is 93.3 Å². The van der Waals surface area contributed by atoms with Gasteiger partial charge in [-0.05, 0) is 24.1 Å². The van der Waals surface area contributed by atoms with Gasteiger partial charge in [0.15, 0.2) is 11.5 Å². The summed E-state index contributed by atoms with van der Waals surface area (Å²) >= 11 is 0. The normalized spacial score (nSPS) is 10.1. The Labute approximate surface area is 140 Å². The van der Waals surface area contributed by atoms with E-state index in [2.05, 4.69) is 10.1 Å². The van der Waals surface area contributed by atoms with Gasteiger partial charge in [-0.15, -0.1) is 5.10 Å². The molecule has 1 aromatic carbocycles. The maximum Gasteiger partial charge on any atom is 0.252 e. The van der Waals surface area contributed by atoms with Crippen LogP contribution >= 0.6 is 0 Å². The van der Waals surface area contributed by atoms with E-state index in [0.29, 0.717) is 24.5 Å². The van der Waals surface area contributed by atoms with Crippen LogP contribution in [0.2, 0.25) is 0 Å². The highest BCUT2D eigenvalue weighted by molar-refractivity contribution is 5.75. The first kappa shape index (κ1) is 17.3. The van der Waals surface area contributed by atoms with Crippen LogP contribution in [-0.4, -0.2) is 53.4 Å². The van der Waals surface area contributed by atoms with Crippen LogP contribution in [-0.2, 0) is 17.8 Å². The largest absolute Gasteiger partial charge is 0.493 e. The van der Waals surface area contributed by atoms with Crippen molar-refractivity contribution in [3.63, 3.8) is 0 Å². The van der Waals surface area contributed by atoms with Gasteiger partial charge in [-0.3, -0.25) is 4.79 Å². The Hall–Kier alpha value is -3.08. The summed E-state index contributed by atoms with van der Waals surface area (Å²) in [6, 6.07) is 7.51. The van der Waals surface area contributed by atoms with E-state index in [1.165, 1.54) is 11.0 Å². The molecule has 0 saturated heterocycles. The van der Waals surface area contributed by atoms with Gasteiger partial charge in [0.25, 0.3) is 5.82 Å². The molecule has 2 rings (SSSR count). The number of rotatable bonds is 7. The molecule has 0 atom stereocenters. The Kier molecular flexibility index (Phi) is 5.73. The molecule has 0 aliphatic heterocycles. The lowest BCUT2D eigenvalue weighted by atomic mass is 10.1. The number of nitrogens with zero attached hydrogens (tertiary/aromatic N) is 5. The molecule has 1 aromatic heterocycles. The molecule has 1 amide bonds. The number of ether oxygens (including phenoxy) is 2. The van der Waals surface area contributed by atoms with Gasteiger partial charge >= 0.3 is 0 Å². The van der Waals surface area contributed by atoms with E-state index >= 15 is 0 Å². The molecular formula is C16H19N5O3. The Bertz CT molecular complexity index is 750. The van der Waals surface area contributed by atoms with E-state index in [0.717, 1.165) is 5.56 Å². The maximum absolute atomic E-state index is 12.2. The maximum atomic E-state index is 12.2. The second-order valence-electron chi connectivity index (χ2n) is 5.13. The van der Waals surface area contributed by atoms with Crippen LogP contribution in [0.5, 0.6) is 11.5 Å².